The first-order valence-corrected chi connectivity index (χ1v) is 10.3. The third-order valence-corrected chi connectivity index (χ3v) is 9.76. The maximum atomic E-state index is 11.7. The SMILES string of the molecule is CC1C[C@@H]2[C@@H](CC[C@@]3(C)[C@H]2CCC3(C)O)[C@@]2(CO)CCC(O)CC12O. The second kappa shape index (κ2) is 5.43. The summed E-state index contributed by atoms with van der Waals surface area (Å²) in [5, 5.41) is 43.4. The minimum Gasteiger partial charge on any atom is -0.396 e. The summed E-state index contributed by atoms with van der Waals surface area (Å²) in [5.41, 5.74) is -2.09. The second-order valence-corrected chi connectivity index (χ2v) is 10.4. The van der Waals surface area contributed by atoms with Gasteiger partial charge in [0, 0.05) is 11.8 Å². The van der Waals surface area contributed by atoms with Gasteiger partial charge >= 0.3 is 0 Å². The molecule has 4 aliphatic rings. The molecule has 144 valence electrons. The van der Waals surface area contributed by atoms with Crippen molar-refractivity contribution in [3.63, 3.8) is 0 Å². The minimum absolute atomic E-state index is 0.0154. The van der Waals surface area contributed by atoms with E-state index in [-0.39, 0.29) is 17.9 Å². The van der Waals surface area contributed by atoms with E-state index >= 15 is 0 Å². The van der Waals surface area contributed by atoms with Crippen LogP contribution in [0.3, 0.4) is 0 Å². The molecule has 4 N–H and O–H groups in total. The van der Waals surface area contributed by atoms with Gasteiger partial charge in [-0.2, -0.15) is 0 Å². The van der Waals surface area contributed by atoms with E-state index in [1.807, 2.05) is 6.92 Å². The Kier molecular flexibility index (Phi) is 3.96. The molecule has 0 saturated heterocycles. The summed E-state index contributed by atoms with van der Waals surface area (Å²) in [6, 6.07) is 0. The van der Waals surface area contributed by atoms with Gasteiger partial charge in [0.2, 0.25) is 0 Å². The van der Waals surface area contributed by atoms with Crippen LogP contribution >= 0.6 is 0 Å². The lowest BCUT2D eigenvalue weighted by atomic mass is 9.40. The first-order chi connectivity index (χ1) is 11.6. The second-order valence-electron chi connectivity index (χ2n) is 10.4. The van der Waals surface area contributed by atoms with E-state index in [0.29, 0.717) is 37.0 Å². The largest absolute Gasteiger partial charge is 0.396 e. The average Bonchev–Trinajstić information content (AvgIpc) is 2.79. The van der Waals surface area contributed by atoms with Crippen molar-refractivity contribution in [2.24, 2.45) is 34.5 Å². The van der Waals surface area contributed by atoms with Gasteiger partial charge in [-0.25, -0.2) is 0 Å². The molecule has 4 rings (SSSR count). The van der Waals surface area contributed by atoms with Gasteiger partial charge in [0.1, 0.15) is 0 Å². The van der Waals surface area contributed by atoms with Crippen LogP contribution in [-0.4, -0.2) is 44.3 Å². The number of rotatable bonds is 1. The maximum Gasteiger partial charge on any atom is 0.0778 e. The molecular formula is C21H36O4. The first-order valence-electron chi connectivity index (χ1n) is 10.3. The third kappa shape index (κ3) is 2.09. The lowest BCUT2D eigenvalue weighted by Gasteiger charge is -2.66. The summed E-state index contributed by atoms with van der Waals surface area (Å²) in [5.74, 6) is 1.32. The molecular weight excluding hydrogens is 316 g/mol. The van der Waals surface area contributed by atoms with Crippen molar-refractivity contribution in [3.8, 4) is 0 Å². The summed E-state index contributed by atoms with van der Waals surface area (Å²) >= 11 is 0. The number of hydrogen-bond donors (Lipinski definition) is 4. The Morgan fingerprint density at radius 3 is 2.32 bits per heavy atom. The van der Waals surface area contributed by atoms with Crippen LogP contribution in [-0.2, 0) is 0 Å². The van der Waals surface area contributed by atoms with Crippen molar-refractivity contribution in [2.45, 2.75) is 89.4 Å². The molecule has 0 heterocycles. The summed E-state index contributed by atoms with van der Waals surface area (Å²) in [7, 11) is 0. The van der Waals surface area contributed by atoms with Crippen molar-refractivity contribution < 1.29 is 20.4 Å². The zero-order valence-corrected chi connectivity index (χ0v) is 16.0. The lowest BCUT2D eigenvalue weighted by molar-refractivity contribution is -0.265. The minimum atomic E-state index is -0.963. The van der Waals surface area contributed by atoms with Crippen molar-refractivity contribution in [3.05, 3.63) is 0 Å². The smallest absolute Gasteiger partial charge is 0.0778 e. The summed E-state index contributed by atoms with van der Waals surface area (Å²) in [6.07, 6.45) is 6.15. The molecule has 0 radical (unpaired) electrons. The molecule has 4 unspecified atom stereocenters. The highest BCUT2D eigenvalue weighted by Crippen LogP contribution is 2.69. The highest BCUT2D eigenvalue weighted by atomic mass is 16.3. The molecule has 4 saturated carbocycles. The van der Waals surface area contributed by atoms with Crippen LogP contribution in [0.4, 0.5) is 0 Å². The van der Waals surface area contributed by atoms with E-state index in [1.165, 1.54) is 0 Å². The van der Waals surface area contributed by atoms with Gasteiger partial charge in [0.05, 0.1) is 23.9 Å². The van der Waals surface area contributed by atoms with Gasteiger partial charge < -0.3 is 20.4 Å². The van der Waals surface area contributed by atoms with E-state index in [9.17, 15) is 20.4 Å². The molecule has 4 nitrogen and oxygen atoms in total. The van der Waals surface area contributed by atoms with E-state index < -0.39 is 22.7 Å². The molecule has 4 aliphatic carbocycles. The zero-order chi connectivity index (χ0) is 18.3. The predicted molar refractivity (Wildman–Crippen MR) is 95.8 cm³/mol. The van der Waals surface area contributed by atoms with Crippen LogP contribution < -0.4 is 0 Å². The summed E-state index contributed by atoms with van der Waals surface area (Å²) < 4.78 is 0. The average molecular weight is 353 g/mol. The fourth-order valence-corrected chi connectivity index (χ4v) is 7.99. The lowest BCUT2D eigenvalue weighted by Crippen LogP contribution is -2.69. The Labute approximate surface area is 151 Å². The highest BCUT2D eigenvalue weighted by Gasteiger charge is 2.69. The van der Waals surface area contributed by atoms with Gasteiger partial charge in [0.15, 0.2) is 0 Å². The Hall–Kier alpha value is -0.160. The standard InChI is InChI=1S/C21H36O4/c1-13-10-15-16-6-8-19(3,24)18(16,2)7-5-17(15)20(12-22)9-4-14(23)11-21(13,20)25/h13-17,22-25H,4-12H2,1-3H3/t13?,14?,15-,16-,17+,18-,19?,20-,21?/m0/s1. The van der Waals surface area contributed by atoms with Crippen molar-refractivity contribution in [2.75, 3.05) is 6.61 Å². The fourth-order valence-electron chi connectivity index (χ4n) is 7.99. The molecule has 0 aromatic rings. The molecule has 0 bridgehead atoms. The maximum absolute atomic E-state index is 11.7. The number of aliphatic hydroxyl groups is 4. The van der Waals surface area contributed by atoms with Gasteiger partial charge in [-0.1, -0.05) is 13.8 Å². The van der Waals surface area contributed by atoms with Crippen LogP contribution in [0.1, 0.15) is 72.1 Å². The topological polar surface area (TPSA) is 80.9 Å². The van der Waals surface area contributed by atoms with Crippen molar-refractivity contribution >= 4 is 0 Å². The normalized spacial score (nSPS) is 61.3. The monoisotopic (exact) mass is 352 g/mol. The Bertz CT molecular complexity index is 548. The molecule has 4 heteroatoms. The molecule has 0 aliphatic heterocycles. The summed E-state index contributed by atoms with van der Waals surface area (Å²) in [6.45, 7) is 6.40. The van der Waals surface area contributed by atoms with Crippen molar-refractivity contribution in [1.82, 2.24) is 0 Å². The van der Waals surface area contributed by atoms with Gasteiger partial charge in [-0.3, -0.25) is 0 Å². The van der Waals surface area contributed by atoms with Crippen LogP contribution in [0.2, 0.25) is 0 Å². The van der Waals surface area contributed by atoms with Crippen molar-refractivity contribution in [1.29, 1.82) is 0 Å². The number of hydrogen-bond acceptors (Lipinski definition) is 4. The molecule has 0 aromatic heterocycles. The molecule has 9 atom stereocenters. The first kappa shape index (κ1) is 18.2. The molecule has 0 amide bonds. The van der Waals surface area contributed by atoms with Crippen LogP contribution in [0.5, 0.6) is 0 Å². The quantitative estimate of drug-likeness (QED) is 0.584. The van der Waals surface area contributed by atoms with Crippen LogP contribution in [0.15, 0.2) is 0 Å². The van der Waals surface area contributed by atoms with E-state index in [4.69, 9.17) is 0 Å². The van der Waals surface area contributed by atoms with E-state index in [1.54, 1.807) is 0 Å². The zero-order valence-electron chi connectivity index (χ0n) is 16.0. The predicted octanol–water partition coefficient (Wildman–Crippen LogP) is 2.47. The van der Waals surface area contributed by atoms with E-state index in [0.717, 1.165) is 32.1 Å². The van der Waals surface area contributed by atoms with Gasteiger partial charge in [-0.15, -0.1) is 0 Å². The third-order valence-electron chi connectivity index (χ3n) is 9.76. The molecule has 25 heavy (non-hydrogen) atoms. The van der Waals surface area contributed by atoms with E-state index in [2.05, 4.69) is 13.8 Å². The fraction of sp³-hybridized carbons (Fsp3) is 1.00. The molecule has 0 spiro atoms. The Morgan fingerprint density at radius 2 is 1.64 bits per heavy atom. The van der Waals surface area contributed by atoms with Gasteiger partial charge in [0.25, 0.3) is 0 Å². The summed E-state index contributed by atoms with van der Waals surface area (Å²) in [4.78, 5) is 0. The number of aliphatic hydroxyl groups excluding tert-OH is 2. The highest BCUT2D eigenvalue weighted by molar-refractivity contribution is 5.18. The molecule has 0 aromatic carbocycles. The van der Waals surface area contributed by atoms with Crippen LogP contribution in [0.25, 0.3) is 0 Å². The van der Waals surface area contributed by atoms with Gasteiger partial charge in [-0.05, 0) is 81.0 Å². The Morgan fingerprint density at radius 1 is 0.960 bits per heavy atom. The number of fused-ring (bicyclic) bond motifs is 5. The van der Waals surface area contributed by atoms with Crippen LogP contribution in [0, 0.1) is 34.5 Å². The Balaban J connectivity index is 1.75. The molecule has 4 fully saturated rings.